The summed E-state index contributed by atoms with van der Waals surface area (Å²) in [7, 11) is 1.56. The Balaban J connectivity index is 2.85. The Hall–Kier alpha value is -0.210. The minimum absolute atomic E-state index is 0.374. The van der Waals surface area contributed by atoms with E-state index < -0.39 is 8.28 Å². The summed E-state index contributed by atoms with van der Waals surface area (Å²) in [4.78, 5) is 16.7. The van der Waals surface area contributed by atoms with Crippen molar-refractivity contribution in [1.82, 2.24) is 4.90 Å². The van der Waals surface area contributed by atoms with Gasteiger partial charge in [-0.05, 0) is 12.8 Å². The first kappa shape index (κ1) is 16.8. The predicted octanol–water partition coefficient (Wildman–Crippen LogP) is 2.34. The van der Waals surface area contributed by atoms with E-state index in [1.165, 1.54) is 0 Å². The van der Waals surface area contributed by atoms with Crippen LogP contribution in [0.5, 0.6) is 0 Å². The first-order chi connectivity index (χ1) is 8.84. The molecule has 1 aliphatic rings. The van der Waals surface area contributed by atoms with Gasteiger partial charge in [-0.2, -0.15) is 0 Å². The molecule has 2 atom stereocenters. The Labute approximate surface area is 130 Å². The molecule has 1 saturated heterocycles. The Morgan fingerprint density at radius 2 is 2.21 bits per heavy atom. The molecule has 0 radical (unpaired) electrons. The SMILES string of the molecule is CCN(CC1COCC1C)C(=NC)C(Br)(Br)[N+](=O)[O-]. The lowest BCUT2D eigenvalue weighted by Crippen LogP contribution is -2.48. The third-order valence-electron chi connectivity index (χ3n) is 3.36. The molecule has 6 nitrogen and oxygen atoms in total. The lowest BCUT2D eigenvalue weighted by molar-refractivity contribution is -0.486. The fraction of sp³-hybridized carbons (Fsp3) is 0.909. The standard InChI is InChI=1S/C11H19Br2N3O3/c1-4-15(5-9-7-19-6-8(9)2)10(14-3)11(12,13)16(17)18/h8-9H,4-7H2,1-3H3. The van der Waals surface area contributed by atoms with Gasteiger partial charge >= 0.3 is 3.36 Å². The monoisotopic (exact) mass is 399 g/mol. The van der Waals surface area contributed by atoms with E-state index >= 15 is 0 Å². The maximum absolute atomic E-state index is 11.1. The Morgan fingerprint density at radius 3 is 2.58 bits per heavy atom. The van der Waals surface area contributed by atoms with Gasteiger partial charge in [0.25, 0.3) is 0 Å². The van der Waals surface area contributed by atoms with Gasteiger partial charge in [0.05, 0.1) is 11.5 Å². The number of ether oxygens (including phenoxy) is 1. The van der Waals surface area contributed by atoms with Crippen molar-refractivity contribution in [3.63, 3.8) is 0 Å². The first-order valence-corrected chi connectivity index (χ1v) is 7.75. The third kappa shape index (κ3) is 3.88. The van der Waals surface area contributed by atoms with Crippen molar-refractivity contribution in [2.75, 3.05) is 33.4 Å². The number of aliphatic imine (C=N–C) groups is 1. The van der Waals surface area contributed by atoms with Crippen molar-refractivity contribution in [2.45, 2.75) is 17.2 Å². The van der Waals surface area contributed by atoms with Gasteiger partial charge in [-0.1, -0.05) is 6.92 Å². The van der Waals surface area contributed by atoms with Crippen molar-refractivity contribution in [3.8, 4) is 0 Å². The van der Waals surface area contributed by atoms with Crippen LogP contribution in [0.15, 0.2) is 4.99 Å². The molecular formula is C11H19Br2N3O3. The van der Waals surface area contributed by atoms with E-state index in [9.17, 15) is 10.1 Å². The largest absolute Gasteiger partial charge is 0.382 e. The lowest BCUT2D eigenvalue weighted by atomic mass is 9.97. The van der Waals surface area contributed by atoms with E-state index in [4.69, 9.17) is 4.74 Å². The smallest absolute Gasteiger partial charge is 0.381 e. The van der Waals surface area contributed by atoms with Crippen LogP contribution < -0.4 is 0 Å². The highest BCUT2D eigenvalue weighted by Crippen LogP contribution is 2.31. The molecule has 0 aliphatic carbocycles. The molecule has 110 valence electrons. The van der Waals surface area contributed by atoms with Crippen molar-refractivity contribution >= 4 is 37.7 Å². The number of hydrogen-bond donors (Lipinski definition) is 0. The highest BCUT2D eigenvalue weighted by molar-refractivity contribution is 9.25. The molecule has 1 rings (SSSR count). The second-order valence-corrected chi connectivity index (χ2v) is 8.02. The van der Waals surface area contributed by atoms with Crippen LogP contribution in [0.1, 0.15) is 13.8 Å². The molecular weight excluding hydrogens is 382 g/mol. The van der Waals surface area contributed by atoms with E-state index in [0.717, 1.165) is 6.61 Å². The summed E-state index contributed by atoms with van der Waals surface area (Å²) in [6.07, 6.45) is 0. The van der Waals surface area contributed by atoms with Gasteiger partial charge in [0.15, 0.2) is 0 Å². The topological polar surface area (TPSA) is 68.0 Å². The van der Waals surface area contributed by atoms with Crippen LogP contribution in [0.4, 0.5) is 0 Å². The summed E-state index contributed by atoms with van der Waals surface area (Å²) >= 11 is 6.19. The van der Waals surface area contributed by atoms with Crippen LogP contribution in [0.2, 0.25) is 0 Å². The van der Waals surface area contributed by atoms with E-state index in [1.807, 2.05) is 11.8 Å². The molecule has 2 unspecified atom stereocenters. The van der Waals surface area contributed by atoms with Gasteiger partial charge in [0.2, 0.25) is 5.84 Å². The van der Waals surface area contributed by atoms with Crippen LogP contribution in [-0.4, -0.2) is 52.4 Å². The number of hydrogen-bond acceptors (Lipinski definition) is 4. The predicted molar refractivity (Wildman–Crippen MR) is 81.7 cm³/mol. The van der Waals surface area contributed by atoms with E-state index in [2.05, 4.69) is 43.8 Å². The average molecular weight is 401 g/mol. The minimum Gasteiger partial charge on any atom is -0.381 e. The molecule has 0 N–H and O–H groups in total. The second-order valence-electron chi connectivity index (χ2n) is 4.66. The van der Waals surface area contributed by atoms with Gasteiger partial charge in [-0.3, -0.25) is 15.1 Å². The van der Waals surface area contributed by atoms with Crippen molar-refractivity contribution in [1.29, 1.82) is 0 Å². The van der Waals surface area contributed by atoms with Crippen LogP contribution in [0, 0.1) is 22.0 Å². The quantitative estimate of drug-likeness (QED) is 0.177. The minimum atomic E-state index is -1.53. The lowest BCUT2D eigenvalue weighted by Gasteiger charge is -2.30. The molecule has 1 fully saturated rings. The Kier molecular flexibility index (Phi) is 6.19. The fourth-order valence-electron chi connectivity index (χ4n) is 2.13. The van der Waals surface area contributed by atoms with Gasteiger partial charge in [0, 0.05) is 64.5 Å². The van der Waals surface area contributed by atoms with E-state index in [0.29, 0.717) is 37.4 Å². The molecule has 0 spiro atoms. The van der Waals surface area contributed by atoms with Gasteiger partial charge in [0.1, 0.15) is 0 Å². The average Bonchev–Trinajstić information content (AvgIpc) is 2.74. The first-order valence-electron chi connectivity index (χ1n) is 6.16. The zero-order valence-electron chi connectivity index (χ0n) is 11.3. The second kappa shape index (κ2) is 6.99. The molecule has 1 aliphatic heterocycles. The highest BCUT2D eigenvalue weighted by Gasteiger charge is 2.46. The zero-order chi connectivity index (χ0) is 14.6. The third-order valence-corrected chi connectivity index (χ3v) is 4.65. The van der Waals surface area contributed by atoms with E-state index in [-0.39, 0.29) is 0 Å². The number of nitrogens with zero attached hydrogens (tertiary/aromatic N) is 3. The van der Waals surface area contributed by atoms with Crippen molar-refractivity contribution in [3.05, 3.63) is 10.1 Å². The molecule has 1 heterocycles. The van der Waals surface area contributed by atoms with Gasteiger partial charge in [-0.15, -0.1) is 0 Å². The van der Waals surface area contributed by atoms with Crippen LogP contribution in [-0.2, 0) is 4.74 Å². The highest BCUT2D eigenvalue weighted by atomic mass is 79.9. The number of alkyl halides is 2. The van der Waals surface area contributed by atoms with Gasteiger partial charge < -0.3 is 9.64 Å². The molecule has 0 saturated carbocycles. The number of halogens is 2. The zero-order valence-corrected chi connectivity index (χ0v) is 14.5. The Morgan fingerprint density at radius 1 is 1.58 bits per heavy atom. The summed E-state index contributed by atoms with van der Waals surface area (Å²) in [5, 5.41) is 11.1. The molecule has 0 aromatic rings. The van der Waals surface area contributed by atoms with Crippen LogP contribution in [0.25, 0.3) is 0 Å². The van der Waals surface area contributed by atoms with Crippen LogP contribution in [0.3, 0.4) is 0 Å². The molecule has 8 heteroatoms. The maximum atomic E-state index is 11.1. The molecule has 19 heavy (non-hydrogen) atoms. The van der Waals surface area contributed by atoms with Crippen molar-refractivity contribution < 1.29 is 9.66 Å². The molecule has 0 bridgehead atoms. The van der Waals surface area contributed by atoms with Crippen LogP contribution >= 0.6 is 31.9 Å². The summed E-state index contributed by atoms with van der Waals surface area (Å²) in [5.74, 6) is 1.21. The summed E-state index contributed by atoms with van der Waals surface area (Å²) in [6.45, 7) is 6.91. The molecule has 0 aromatic heterocycles. The number of rotatable bonds is 5. The number of nitro groups is 1. The summed E-state index contributed by atoms with van der Waals surface area (Å²) < 4.78 is 3.90. The normalized spacial score (nSPS) is 24.6. The Bertz CT molecular complexity index is 363. The summed E-state index contributed by atoms with van der Waals surface area (Å²) in [5.41, 5.74) is 0. The van der Waals surface area contributed by atoms with E-state index in [1.54, 1.807) is 7.05 Å². The summed E-state index contributed by atoms with van der Waals surface area (Å²) in [6, 6.07) is 0. The van der Waals surface area contributed by atoms with Gasteiger partial charge in [-0.25, -0.2) is 0 Å². The van der Waals surface area contributed by atoms with Crippen molar-refractivity contribution in [2.24, 2.45) is 16.8 Å². The molecule has 0 amide bonds. The fourth-order valence-corrected chi connectivity index (χ4v) is 2.99. The number of amidine groups is 1. The number of likely N-dealkylation sites (N-methyl/N-ethyl adjacent to an activating group) is 1. The molecule has 0 aromatic carbocycles. The maximum Gasteiger partial charge on any atom is 0.382 e.